The molecule has 0 unspecified atom stereocenters. The maximum absolute atomic E-state index is 13.6. The predicted octanol–water partition coefficient (Wildman–Crippen LogP) is 5.39. The molecular formula is C26H24N2O4. The van der Waals surface area contributed by atoms with Crippen LogP contribution in [0.25, 0.3) is 0 Å². The van der Waals surface area contributed by atoms with E-state index >= 15 is 0 Å². The lowest BCUT2D eigenvalue weighted by atomic mass is 9.78. The third-order valence-electron chi connectivity index (χ3n) is 5.75. The highest BCUT2D eigenvalue weighted by Crippen LogP contribution is 2.44. The van der Waals surface area contributed by atoms with Crippen LogP contribution in [0.15, 0.2) is 65.2 Å². The van der Waals surface area contributed by atoms with Crippen LogP contribution in [0, 0.1) is 11.3 Å². The molecule has 1 aliphatic carbocycles. The Morgan fingerprint density at radius 2 is 1.72 bits per heavy atom. The van der Waals surface area contributed by atoms with Gasteiger partial charge in [0.2, 0.25) is 5.69 Å². The SMILES string of the molecule is CCOC(=O)c1noc(C2CC2)c1C(=O)C[C@@H](c1ccccc1)[C@@H](C#N)c1ccccc1. The Hall–Kier alpha value is -3.72. The molecule has 0 N–H and O–H groups in total. The van der Waals surface area contributed by atoms with Gasteiger partial charge in [0.15, 0.2) is 11.5 Å². The summed E-state index contributed by atoms with van der Waals surface area (Å²) in [5.41, 5.74) is 1.86. The highest BCUT2D eigenvalue weighted by molar-refractivity contribution is 6.06. The molecular weight excluding hydrogens is 404 g/mol. The molecule has 1 saturated carbocycles. The van der Waals surface area contributed by atoms with Crippen molar-refractivity contribution in [2.45, 2.75) is 43.9 Å². The number of hydrogen-bond donors (Lipinski definition) is 0. The van der Waals surface area contributed by atoms with E-state index in [-0.39, 0.29) is 36.0 Å². The molecule has 0 spiro atoms. The minimum atomic E-state index is -0.664. The van der Waals surface area contributed by atoms with E-state index in [4.69, 9.17) is 9.26 Å². The molecule has 0 saturated heterocycles. The fraction of sp³-hybridized carbons (Fsp3) is 0.308. The van der Waals surface area contributed by atoms with Crippen LogP contribution in [0.1, 0.15) is 81.7 Å². The van der Waals surface area contributed by atoms with Gasteiger partial charge in [-0.25, -0.2) is 4.79 Å². The normalized spacial score (nSPS) is 14.9. The maximum atomic E-state index is 13.6. The first-order chi connectivity index (χ1) is 15.6. The minimum absolute atomic E-state index is 0.0461. The number of ketones is 1. The molecule has 0 radical (unpaired) electrons. The number of benzene rings is 2. The Kier molecular flexibility index (Phi) is 6.46. The maximum Gasteiger partial charge on any atom is 0.361 e. The molecule has 0 aliphatic heterocycles. The number of esters is 1. The van der Waals surface area contributed by atoms with Crippen molar-refractivity contribution in [2.75, 3.05) is 6.61 Å². The number of aromatic nitrogens is 1. The van der Waals surface area contributed by atoms with Gasteiger partial charge in [0, 0.05) is 18.3 Å². The van der Waals surface area contributed by atoms with E-state index in [0.29, 0.717) is 5.76 Å². The van der Waals surface area contributed by atoms with Gasteiger partial charge < -0.3 is 9.26 Å². The van der Waals surface area contributed by atoms with Crippen LogP contribution in [0.5, 0.6) is 0 Å². The molecule has 1 heterocycles. The molecule has 162 valence electrons. The molecule has 1 fully saturated rings. The third-order valence-corrected chi connectivity index (χ3v) is 5.75. The summed E-state index contributed by atoms with van der Waals surface area (Å²) < 4.78 is 10.5. The zero-order valence-corrected chi connectivity index (χ0v) is 17.9. The van der Waals surface area contributed by atoms with Crippen molar-refractivity contribution in [3.05, 3.63) is 88.8 Å². The summed E-state index contributed by atoms with van der Waals surface area (Å²) in [5.74, 6) is -1.30. The van der Waals surface area contributed by atoms with Gasteiger partial charge in [-0.3, -0.25) is 4.79 Å². The zero-order valence-electron chi connectivity index (χ0n) is 17.9. The number of nitrogens with zero attached hydrogens (tertiary/aromatic N) is 2. The Morgan fingerprint density at radius 3 is 2.28 bits per heavy atom. The topological polar surface area (TPSA) is 93.2 Å². The van der Waals surface area contributed by atoms with E-state index in [2.05, 4.69) is 11.2 Å². The summed E-state index contributed by atoms with van der Waals surface area (Å²) in [4.78, 5) is 26.1. The molecule has 0 bridgehead atoms. The van der Waals surface area contributed by atoms with Gasteiger partial charge in [-0.1, -0.05) is 65.8 Å². The van der Waals surface area contributed by atoms with E-state index in [1.807, 2.05) is 60.7 Å². The van der Waals surface area contributed by atoms with Crippen molar-refractivity contribution in [3.63, 3.8) is 0 Å². The lowest BCUT2D eigenvalue weighted by molar-refractivity contribution is 0.0511. The predicted molar refractivity (Wildman–Crippen MR) is 117 cm³/mol. The van der Waals surface area contributed by atoms with E-state index in [1.165, 1.54) is 0 Å². The van der Waals surface area contributed by atoms with Crippen molar-refractivity contribution < 1.29 is 18.8 Å². The van der Waals surface area contributed by atoms with E-state index in [9.17, 15) is 14.9 Å². The summed E-state index contributed by atoms with van der Waals surface area (Å²) in [6.45, 7) is 1.87. The molecule has 4 rings (SSSR count). The van der Waals surface area contributed by atoms with Gasteiger partial charge in [0.05, 0.1) is 24.2 Å². The van der Waals surface area contributed by atoms with Gasteiger partial charge in [-0.15, -0.1) is 0 Å². The van der Waals surface area contributed by atoms with E-state index in [1.54, 1.807) is 6.92 Å². The fourth-order valence-corrected chi connectivity index (χ4v) is 4.02. The van der Waals surface area contributed by atoms with Crippen molar-refractivity contribution in [1.82, 2.24) is 5.16 Å². The number of carbonyl (C=O) groups is 2. The molecule has 1 aliphatic rings. The molecule has 32 heavy (non-hydrogen) atoms. The summed E-state index contributed by atoms with van der Waals surface area (Å²) in [5, 5.41) is 13.9. The highest BCUT2D eigenvalue weighted by atomic mass is 16.5. The van der Waals surface area contributed by atoms with Crippen LogP contribution < -0.4 is 0 Å². The smallest absolute Gasteiger partial charge is 0.361 e. The number of ether oxygens (including phenoxy) is 1. The number of carbonyl (C=O) groups excluding carboxylic acids is 2. The standard InChI is InChI=1S/C26H24N2O4/c1-2-31-26(30)24-23(25(32-28-24)19-13-14-19)22(29)15-20(17-9-5-3-6-10-17)21(16-27)18-11-7-4-8-12-18/h3-12,19-21H,2,13-15H2,1H3/t20-,21-/m0/s1. The Bertz CT molecular complexity index is 1130. The number of hydrogen-bond acceptors (Lipinski definition) is 6. The lowest BCUT2D eigenvalue weighted by Crippen LogP contribution is -2.18. The van der Waals surface area contributed by atoms with Crippen LogP contribution in [0.3, 0.4) is 0 Å². The van der Waals surface area contributed by atoms with Crippen LogP contribution in [0.4, 0.5) is 0 Å². The first-order valence-electron chi connectivity index (χ1n) is 10.8. The van der Waals surface area contributed by atoms with E-state index < -0.39 is 17.8 Å². The molecule has 2 aromatic carbocycles. The highest BCUT2D eigenvalue weighted by Gasteiger charge is 2.38. The largest absolute Gasteiger partial charge is 0.461 e. The molecule has 6 heteroatoms. The average molecular weight is 428 g/mol. The molecule has 3 aromatic rings. The zero-order chi connectivity index (χ0) is 22.5. The second kappa shape index (κ2) is 9.61. The van der Waals surface area contributed by atoms with E-state index in [0.717, 1.165) is 24.0 Å². The molecule has 2 atom stereocenters. The molecule has 6 nitrogen and oxygen atoms in total. The average Bonchev–Trinajstić information content (AvgIpc) is 3.57. The second-order valence-electron chi connectivity index (χ2n) is 7.93. The fourth-order valence-electron chi connectivity index (χ4n) is 4.02. The van der Waals surface area contributed by atoms with Gasteiger partial charge in [-0.2, -0.15) is 5.26 Å². The van der Waals surface area contributed by atoms with Crippen LogP contribution in [-0.4, -0.2) is 23.5 Å². The summed E-state index contributed by atoms with van der Waals surface area (Å²) >= 11 is 0. The summed E-state index contributed by atoms with van der Waals surface area (Å²) in [6, 6.07) is 21.4. The van der Waals surface area contributed by atoms with Crippen LogP contribution in [-0.2, 0) is 4.74 Å². The summed E-state index contributed by atoms with van der Waals surface area (Å²) in [6.07, 6.45) is 1.83. The van der Waals surface area contributed by atoms with Gasteiger partial charge >= 0.3 is 5.97 Å². The molecule has 1 aromatic heterocycles. The van der Waals surface area contributed by atoms with Gasteiger partial charge in [0.1, 0.15) is 0 Å². The number of Topliss-reactive ketones (excluding diaryl/α,β-unsaturated/α-hetero) is 1. The first-order valence-corrected chi connectivity index (χ1v) is 10.8. The quantitative estimate of drug-likeness (QED) is 0.335. The van der Waals surface area contributed by atoms with Crippen molar-refractivity contribution >= 4 is 11.8 Å². The van der Waals surface area contributed by atoms with Crippen LogP contribution >= 0.6 is 0 Å². The monoisotopic (exact) mass is 428 g/mol. The second-order valence-corrected chi connectivity index (χ2v) is 7.93. The van der Waals surface area contributed by atoms with Crippen LogP contribution in [0.2, 0.25) is 0 Å². The van der Waals surface area contributed by atoms with Gasteiger partial charge in [-0.05, 0) is 30.9 Å². The summed E-state index contributed by atoms with van der Waals surface area (Å²) in [7, 11) is 0. The van der Waals surface area contributed by atoms with Crippen molar-refractivity contribution in [2.24, 2.45) is 0 Å². The van der Waals surface area contributed by atoms with Crippen molar-refractivity contribution in [3.8, 4) is 6.07 Å². The lowest BCUT2D eigenvalue weighted by Gasteiger charge is -2.22. The van der Waals surface area contributed by atoms with Gasteiger partial charge in [0.25, 0.3) is 0 Å². The number of rotatable bonds is 9. The Morgan fingerprint density at radius 1 is 1.09 bits per heavy atom. The Balaban J connectivity index is 1.72. The number of nitriles is 1. The third kappa shape index (κ3) is 4.47. The first kappa shape index (κ1) is 21.5. The molecule has 0 amide bonds. The minimum Gasteiger partial charge on any atom is -0.461 e. The Labute approximate surface area is 186 Å². The van der Waals surface area contributed by atoms with Crippen molar-refractivity contribution in [1.29, 1.82) is 5.26 Å².